The van der Waals surface area contributed by atoms with E-state index < -0.39 is 28.1 Å². The van der Waals surface area contributed by atoms with Gasteiger partial charge in [0.05, 0.1) is 16.3 Å². The van der Waals surface area contributed by atoms with Gasteiger partial charge in [-0.25, -0.2) is 4.31 Å². The molecule has 1 aromatic carbocycles. The summed E-state index contributed by atoms with van der Waals surface area (Å²) in [5.41, 5.74) is 0.0602. The molecule has 0 fully saturated rings. The fourth-order valence-electron chi connectivity index (χ4n) is 2.39. The zero-order valence-electron chi connectivity index (χ0n) is 12.5. The van der Waals surface area contributed by atoms with Crippen molar-refractivity contribution >= 4 is 39.3 Å². The Kier molecular flexibility index (Phi) is 4.49. The van der Waals surface area contributed by atoms with Crippen LogP contribution in [0.2, 0.25) is 5.02 Å². The highest BCUT2D eigenvalue weighted by Crippen LogP contribution is 2.39. The minimum atomic E-state index is -4.29. The normalized spacial score (nSPS) is 16.9. The predicted octanol–water partition coefficient (Wildman–Crippen LogP) is 2.58. The monoisotopic (exact) mass is 344 g/mol. The third-order valence-corrected chi connectivity index (χ3v) is 5.50. The molecular weight excluding hydrogens is 328 g/mol. The Balaban J connectivity index is 2.77. The number of benzene rings is 1. The topological polar surface area (TPSA) is 74.8 Å². The summed E-state index contributed by atoms with van der Waals surface area (Å²) in [7, 11) is -4.29. The van der Waals surface area contributed by atoms with Gasteiger partial charge in [0.2, 0.25) is 5.91 Å². The molecule has 120 valence electrons. The maximum absolute atomic E-state index is 12.7. The predicted molar refractivity (Wildman–Crippen MR) is 84.1 cm³/mol. The van der Waals surface area contributed by atoms with Crippen molar-refractivity contribution in [3.05, 3.63) is 28.8 Å². The summed E-state index contributed by atoms with van der Waals surface area (Å²) >= 11 is 6.07. The first-order valence-electron chi connectivity index (χ1n) is 6.93. The molecule has 2 rings (SSSR count). The van der Waals surface area contributed by atoms with Crippen LogP contribution in [0.3, 0.4) is 0 Å². The lowest BCUT2D eigenvalue weighted by atomic mass is 10.1. The van der Waals surface area contributed by atoms with E-state index in [2.05, 4.69) is 0 Å². The molecule has 0 aliphatic carbocycles. The van der Waals surface area contributed by atoms with Gasteiger partial charge >= 0.3 is 10.2 Å². The van der Waals surface area contributed by atoms with Crippen LogP contribution in [0.4, 0.5) is 5.69 Å². The quantitative estimate of drug-likeness (QED) is 0.844. The Bertz CT molecular complexity index is 730. The Morgan fingerprint density at radius 3 is 2.50 bits per heavy atom. The molecule has 0 spiro atoms. The van der Waals surface area contributed by atoms with E-state index in [4.69, 9.17) is 11.6 Å². The fraction of sp³-hybridized carbons (Fsp3) is 0.429. The minimum Gasteiger partial charge on any atom is -0.273 e. The molecule has 1 heterocycles. The highest BCUT2D eigenvalue weighted by Gasteiger charge is 2.46. The molecule has 22 heavy (non-hydrogen) atoms. The van der Waals surface area contributed by atoms with Gasteiger partial charge < -0.3 is 0 Å². The van der Waals surface area contributed by atoms with Gasteiger partial charge in [-0.15, -0.1) is 0 Å². The summed E-state index contributed by atoms with van der Waals surface area (Å²) in [6, 6.07) is 3.87. The average Bonchev–Trinajstić information content (AvgIpc) is 2.39. The number of carbonyl (C=O) groups excluding carboxylic acids is 2. The summed E-state index contributed by atoms with van der Waals surface area (Å²) in [4.78, 5) is 24.9. The van der Waals surface area contributed by atoms with Gasteiger partial charge in [0.1, 0.15) is 0 Å². The number of amides is 2. The number of carbonyl (C=O) groups is 2. The summed E-state index contributed by atoms with van der Waals surface area (Å²) in [6.07, 6.45) is 0.532. The van der Waals surface area contributed by atoms with E-state index in [1.165, 1.54) is 12.1 Å². The van der Waals surface area contributed by atoms with Crippen molar-refractivity contribution in [3.8, 4) is 0 Å². The molecule has 2 amide bonds. The van der Waals surface area contributed by atoms with Crippen molar-refractivity contribution < 1.29 is 18.0 Å². The largest absolute Gasteiger partial charge is 0.335 e. The molecule has 0 atom stereocenters. The molecule has 0 N–H and O–H groups in total. The second kappa shape index (κ2) is 5.89. The summed E-state index contributed by atoms with van der Waals surface area (Å²) in [5, 5.41) is 0.0577. The van der Waals surface area contributed by atoms with Gasteiger partial charge in [-0.3, -0.25) is 9.59 Å². The highest BCUT2D eigenvalue weighted by atomic mass is 35.5. The van der Waals surface area contributed by atoms with Crippen LogP contribution in [0.15, 0.2) is 18.2 Å². The maximum Gasteiger partial charge on any atom is 0.335 e. The number of hydrogen-bond donors (Lipinski definition) is 0. The van der Waals surface area contributed by atoms with Crippen molar-refractivity contribution in [1.82, 2.24) is 4.31 Å². The lowest BCUT2D eigenvalue weighted by Crippen LogP contribution is -2.55. The highest BCUT2D eigenvalue weighted by molar-refractivity contribution is 7.92. The molecule has 0 saturated carbocycles. The number of nitrogens with zero attached hydrogens (tertiary/aromatic N) is 2. The Hall–Kier alpha value is -1.60. The Labute approximate surface area is 134 Å². The van der Waals surface area contributed by atoms with Gasteiger partial charge in [0.15, 0.2) is 0 Å². The smallest absolute Gasteiger partial charge is 0.273 e. The molecule has 1 aliphatic heterocycles. The van der Waals surface area contributed by atoms with Crippen molar-refractivity contribution in [3.63, 3.8) is 0 Å². The van der Waals surface area contributed by atoms with Crippen LogP contribution in [-0.4, -0.2) is 30.6 Å². The molecule has 0 saturated heterocycles. The van der Waals surface area contributed by atoms with Gasteiger partial charge in [0.25, 0.3) is 5.91 Å². The second-order valence-corrected chi connectivity index (χ2v) is 7.31. The second-order valence-electron chi connectivity index (χ2n) is 5.25. The molecule has 0 unspecified atom stereocenters. The van der Waals surface area contributed by atoms with Gasteiger partial charge in [-0.05, 0) is 32.4 Å². The van der Waals surface area contributed by atoms with Gasteiger partial charge in [-0.1, -0.05) is 24.6 Å². The number of halogens is 1. The van der Waals surface area contributed by atoms with Crippen LogP contribution >= 0.6 is 11.6 Å². The van der Waals surface area contributed by atoms with E-state index in [-0.39, 0.29) is 22.7 Å². The zero-order chi connectivity index (χ0) is 16.7. The van der Waals surface area contributed by atoms with E-state index in [1.54, 1.807) is 26.8 Å². The average molecular weight is 345 g/mol. The van der Waals surface area contributed by atoms with Crippen LogP contribution < -0.4 is 4.31 Å². The Morgan fingerprint density at radius 2 is 1.95 bits per heavy atom. The fourth-order valence-corrected chi connectivity index (χ4v) is 4.49. The molecule has 1 aromatic rings. The third-order valence-electron chi connectivity index (χ3n) is 3.26. The van der Waals surface area contributed by atoms with Crippen LogP contribution in [0, 0.1) is 0 Å². The standard InChI is InChI=1S/C14H17ClN2O4S/c1-4-6-12(18)17-13-10(7-5-8-11(13)15)14(19)16(9(2)3)22(17,20)21/h5,7-9H,4,6H2,1-3H3. The van der Waals surface area contributed by atoms with Crippen molar-refractivity contribution in [2.24, 2.45) is 0 Å². The maximum atomic E-state index is 12.7. The summed E-state index contributed by atoms with van der Waals surface area (Å²) in [5.74, 6) is -1.27. The van der Waals surface area contributed by atoms with E-state index >= 15 is 0 Å². The van der Waals surface area contributed by atoms with Crippen molar-refractivity contribution in [2.45, 2.75) is 39.7 Å². The Morgan fingerprint density at radius 1 is 1.32 bits per heavy atom. The van der Waals surface area contributed by atoms with Crippen LogP contribution in [0.5, 0.6) is 0 Å². The SMILES string of the molecule is CCCC(=O)N1c2c(Cl)cccc2C(=O)N(C(C)C)S1(=O)=O. The molecule has 6 nitrogen and oxygen atoms in total. The lowest BCUT2D eigenvalue weighted by molar-refractivity contribution is -0.117. The van der Waals surface area contributed by atoms with E-state index in [0.717, 1.165) is 4.31 Å². The number of para-hydroxylation sites is 1. The van der Waals surface area contributed by atoms with Crippen LogP contribution in [0.25, 0.3) is 0 Å². The van der Waals surface area contributed by atoms with Gasteiger partial charge in [0, 0.05) is 12.5 Å². The number of anilines is 1. The van der Waals surface area contributed by atoms with Crippen LogP contribution in [0.1, 0.15) is 44.0 Å². The molecule has 1 aliphatic rings. The molecule has 0 bridgehead atoms. The molecule has 0 aromatic heterocycles. The molecule has 0 radical (unpaired) electrons. The van der Waals surface area contributed by atoms with Crippen LogP contribution in [-0.2, 0) is 15.0 Å². The van der Waals surface area contributed by atoms with E-state index in [0.29, 0.717) is 10.7 Å². The van der Waals surface area contributed by atoms with Crippen molar-refractivity contribution in [1.29, 1.82) is 0 Å². The lowest BCUT2D eigenvalue weighted by Gasteiger charge is -2.37. The summed E-state index contributed by atoms with van der Waals surface area (Å²) < 4.78 is 26.9. The first-order valence-corrected chi connectivity index (χ1v) is 8.71. The molecule has 8 heteroatoms. The number of fused-ring (bicyclic) bond motifs is 1. The third kappa shape index (κ3) is 2.48. The summed E-state index contributed by atoms with van der Waals surface area (Å²) in [6.45, 7) is 4.92. The van der Waals surface area contributed by atoms with E-state index in [9.17, 15) is 18.0 Å². The first-order chi connectivity index (χ1) is 10.2. The molecular formula is C14H17ClN2O4S. The van der Waals surface area contributed by atoms with Crippen molar-refractivity contribution in [2.75, 3.05) is 4.31 Å². The minimum absolute atomic E-state index is 0.0457. The van der Waals surface area contributed by atoms with E-state index in [1.807, 2.05) is 0 Å². The first kappa shape index (κ1) is 16.8. The van der Waals surface area contributed by atoms with Gasteiger partial charge in [-0.2, -0.15) is 12.7 Å². The zero-order valence-corrected chi connectivity index (χ0v) is 14.1. The number of rotatable bonds is 3. The number of hydrogen-bond acceptors (Lipinski definition) is 4.